The average molecular weight is 350 g/mol. The fourth-order valence-corrected chi connectivity index (χ4v) is 3.33. The Labute approximate surface area is 151 Å². The highest BCUT2D eigenvalue weighted by Crippen LogP contribution is 2.33. The molecule has 2 N–H and O–H groups in total. The number of hydrogen-bond acceptors (Lipinski definition) is 3. The molecule has 26 heavy (non-hydrogen) atoms. The van der Waals surface area contributed by atoms with E-state index in [-0.39, 0.29) is 36.6 Å². The summed E-state index contributed by atoms with van der Waals surface area (Å²) in [6, 6.07) is 7.97. The lowest BCUT2D eigenvalue weighted by Gasteiger charge is -2.05. The van der Waals surface area contributed by atoms with Crippen molar-refractivity contribution in [1.82, 2.24) is 9.97 Å². The van der Waals surface area contributed by atoms with Crippen molar-refractivity contribution in [3.05, 3.63) is 47.9 Å². The molecule has 2 heterocycles. The van der Waals surface area contributed by atoms with E-state index in [0.29, 0.717) is 12.0 Å². The molecule has 0 fully saturated rings. The van der Waals surface area contributed by atoms with Crippen molar-refractivity contribution in [1.29, 1.82) is 0 Å². The predicted molar refractivity (Wildman–Crippen MR) is 101 cm³/mol. The van der Waals surface area contributed by atoms with E-state index < -0.39 is 0 Å². The number of carbonyl (C=O) groups excluding carboxylic acids is 3. The van der Waals surface area contributed by atoms with E-state index in [2.05, 4.69) is 9.97 Å². The van der Waals surface area contributed by atoms with Gasteiger partial charge in [0, 0.05) is 58.5 Å². The van der Waals surface area contributed by atoms with Crippen molar-refractivity contribution >= 4 is 28.3 Å². The Morgan fingerprint density at radius 2 is 1.69 bits per heavy atom. The quantitative estimate of drug-likeness (QED) is 0.467. The summed E-state index contributed by atoms with van der Waals surface area (Å²) in [5.74, 6) is -0.225. The van der Waals surface area contributed by atoms with Crippen molar-refractivity contribution in [3.63, 3.8) is 0 Å². The molecule has 0 spiro atoms. The molecule has 0 saturated carbocycles. The Balaban J connectivity index is 1.79. The standard InChI is InChI=1S/C21H22N2O3/c1-13(24)10-15(25)6-5-9-20(26)21-14(2)22-12-18(21)17-11-23-19-8-4-3-7-16(17)19/h3-4,7-8,11-12,22-23H,5-6,9-10H2,1-2H3. The number of ketones is 3. The maximum absolute atomic E-state index is 12.8. The third-order valence-electron chi connectivity index (χ3n) is 4.54. The van der Waals surface area contributed by atoms with Crippen LogP contribution in [-0.4, -0.2) is 27.3 Å². The van der Waals surface area contributed by atoms with Crippen LogP contribution in [0, 0.1) is 6.92 Å². The number of aromatic nitrogens is 2. The molecule has 1 aromatic carbocycles. The van der Waals surface area contributed by atoms with E-state index in [1.165, 1.54) is 6.92 Å². The molecule has 0 atom stereocenters. The predicted octanol–water partition coefficient (Wildman–Crippen LogP) is 4.37. The molecule has 0 radical (unpaired) electrons. The summed E-state index contributed by atoms with van der Waals surface area (Å²) in [5, 5.41) is 1.07. The number of nitrogens with one attached hydrogen (secondary N) is 2. The summed E-state index contributed by atoms with van der Waals surface area (Å²) in [4.78, 5) is 41.8. The van der Waals surface area contributed by atoms with Crippen LogP contribution < -0.4 is 0 Å². The molecule has 2 aromatic heterocycles. The summed E-state index contributed by atoms with van der Waals surface area (Å²) < 4.78 is 0. The Morgan fingerprint density at radius 1 is 0.962 bits per heavy atom. The number of hydrogen-bond donors (Lipinski definition) is 2. The van der Waals surface area contributed by atoms with Gasteiger partial charge in [0.15, 0.2) is 5.78 Å². The molecule has 0 aliphatic heterocycles. The molecular formula is C21H22N2O3. The summed E-state index contributed by atoms with van der Waals surface area (Å²) >= 11 is 0. The monoisotopic (exact) mass is 350 g/mol. The summed E-state index contributed by atoms with van der Waals surface area (Å²) in [6.07, 6.45) is 4.75. The van der Waals surface area contributed by atoms with Gasteiger partial charge in [0.1, 0.15) is 11.6 Å². The molecule has 0 unspecified atom stereocenters. The van der Waals surface area contributed by atoms with E-state index in [0.717, 1.165) is 27.7 Å². The minimum absolute atomic E-state index is 0.0136. The number of aryl methyl sites for hydroxylation is 1. The number of H-pyrrole nitrogens is 2. The Hall–Kier alpha value is -2.95. The molecule has 0 bridgehead atoms. The lowest BCUT2D eigenvalue weighted by Crippen LogP contribution is -2.06. The number of benzene rings is 1. The van der Waals surface area contributed by atoms with Crippen molar-refractivity contribution < 1.29 is 14.4 Å². The first-order valence-electron chi connectivity index (χ1n) is 8.76. The molecule has 3 rings (SSSR count). The maximum Gasteiger partial charge on any atom is 0.165 e. The third kappa shape index (κ3) is 3.67. The van der Waals surface area contributed by atoms with Gasteiger partial charge >= 0.3 is 0 Å². The van der Waals surface area contributed by atoms with Gasteiger partial charge in [-0.15, -0.1) is 0 Å². The molecule has 5 heteroatoms. The van der Waals surface area contributed by atoms with Crippen LogP contribution in [0.4, 0.5) is 0 Å². The zero-order valence-electron chi connectivity index (χ0n) is 15.0. The lowest BCUT2D eigenvalue weighted by molar-refractivity contribution is -0.125. The van der Waals surface area contributed by atoms with E-state index in [1.807, 2.05) is 43.6 Å². The molecule has 5 nitrogen and oxygen atoms in total. The second-order valence-corrected chi connectivity index (χ2v) is 6.64. The average Bonchev–Trinajstić information content (AvgIpc) is 3.17. The molecule has 0 saturated heterocycles. The number of rotatable bonds is 8. The molecule has 0 aliphatic carbocycles. The summed E-state index contributed by atoms with van der Waals surface area (Å²) in [5.41, 5.74) is 4.38. The van der Waals surface area contributed by atoms with Gasteiger partial charge in [-0.2, -0.15) is 0 Å². The number of aromatic amines is 2. The molecule has 0 amide bonds. The van der Waals surface area contributed by atoms with Crippen LogP contribution in [-0.2, 0) is 9.59 Å². The highest BCUT2D eigenvalue weighted by molar-refractivity contribution is 6.07. The first-order valence-corrected chi connectivity index (χ1v) is 8.76. The van der Waals surface area contributed by atoms with Crippen LogP contribution >= 0.6 is 0 Å². The van der Waals surface area contributed by atoms with Crippen molar-refractivity contribution in [3.8, 4) is 11.1 Å². The topological polar surface area (TPSA) is 82.8 Å². The minimum Gasteiger partial charge on any atom is -0.364 e. The molecule has 0 aliphatic rings. The van der Waals surface area contributed by atoms with E-state index >= 15 is 0 Å². The van der Waals surface area contributed by atoms with Gasteiger partial charge in [0.05, 0.1) is 6.42 Å². The van der Waals surface area contributed by atoms with Crippen LogP contribution in [0.3, 0.4) is 0 Å². The van der Waals surface area contributed by atoms with Crippen LogP contribution in [0.1, 0.15) is 48.7 Å². The van der Waals surface area contributed by atoms with E-state index in [4.69, 9.17) is 0 Å². The third-order valence-corrected chi connectivity index (χ3v) is 4.54. The highest BCUT2D eigenvalue weighted by atomic mass is 16.1. The number of para-hydroxylation sites is 1. The lowest BCUT2D eigenvalue weighted by atomic mass is 9.96. The summed E-state index contributed by atoms with van der Waals surface area (Å²) in [7, 11) is 0. The van der Waals surface area contributed by atoms with Crippen molar-refractivity contribution in [2.75, 3.05) is 0 Å². The van der Waals surface area contributed by atoms with Gasteiger partial charge in [-0.1, -0.05) is 18.2 Å². The Kier molecular flexibility index (Phi) is 5.16. The van der Waals surface area contributed by atoms with Crippen LogP contribution in [0.15, 0.2) is 36.7 Å². The van der Waals surface area contributed by atoms with Gasteiger partial charge in [-0.05, 0) is 26.3 Å². The summed E-state index contributed by atoms with van der Waals surface area (Å²) in [6.45, 7) is 3.28. The van der Waals surface area contributed by atoms with E-state index in [1.54, 1.807) is 0 Å². The highest BCUT2D eigenvalue weighted by Gasteiger charge is 2.19. The zero-order valence-corrected chi connectivity index (χ0v) is 15.0. The van der Waals surface area contributed by atoms with E-state index in [9.17, 15) is 14.4 Å². The Bertz CT molecular complexity index is 978. The number of carbonyl (C=O) groups is 3. The smallest absolute Gasteiger partial charge is 0.165 e. The maximum atomic E-state index is 12.8. The fourth-order valence-electron chi connectivity index (χ4n) is 3.33. The molecule has 134 valence electrons. The fraction of sp³-hybridized carbons (Fsp3) is 0.286. The van der Waals surface area contributed by atoms with Gasteiger partial charge in [-0.25, -0.2) is 0 Å². The Morgan fingerprint density at radius 3 is 2.46 bits per heavy atom. The molecular weight excluding hydrogens is 328 g/mol. The van der Waals surface area contributed by atoms with Gasteiger partial charge in [-0.3, -0.25) is 14.4 Å². The van der Waals surface area contributed by atoms with Gasteiger partial charge in [0.2, 0.25) is 0 Å². The first-order chi connectivity index (χ1) is 12.5. The largest absolute Gasteiger partial charge is 0.364 e. The van der Waals surface area contributed by atoms with Crippen LogP contribution in [0.25, 0.3) is 22.0 Å². The second-order valence-electron chi connectivity index (χ2n) is 6.64. The number of Topliss-reactive ketones (excluding diaryl/α,β-unsaturated/α-hetero) is 3. The van der Waals surface area contributed by atoms with Crippen LogP contribution in [0.5, 0.6) is 0 Å². The van der Waals surface area contributed by atoms with Gasteiger partial charge < -0.3 is 9.97 Å². The minimum atomic E-state index is -0.135. The normalized spacial score (nSPS) is 11.0. The molecule has 3 aromatic rings. The number of fused-ring (bicyclic) bond motifs is 1. The second kappa shape index (κ2) is 7.52. The van der Waals surface area contributed by atoms with Crippen molar-refractivity contribution in [2.45, 2.75) is 39.5 Å². The van der Waals surface area contributed by atoms with Crippen LogP contribution in [0.2, 0.25) is 0 Å². The first kappa shape index (κ1) is 17.9. The van der Waals surface area contributed by atoms with Gasteiger partial charge in [0.25, 0.3) is 0 Å². The van der Waals surface area contributed by atoms with Crippen molar-refractivity contribution in [2.24, 2.45) is 0 Å². The zero-order chi connectivity index (χ0) is 18.7. The SMILES string of the molecule is CC(=O)CC(=O)CCCC(=O)c1c(-c2c[nH]c3ccccc23)c[nH]c1C.